The standard InChI is InChI=1S/C23H27NO5S/c1-13(2)29-10-9-24-19(22-14(3)8-11-30-22)18(21(26)23(24)27)20(25)16-6-7-17(28-5)15(4)12-16/h6-8,11-13,19,25H,9-10H2,1-5H3/b20-18-. The maximum absolute atomic E-state index is 13.0. The lowest BCUT2D eigenvalue weighted by molar-refractivity contribution is -0.140. The van der Waals surface area contributed by atoms with E-state index >= 15 is 0 Å². The van der Waals surface area contributed by atoms with Gasteiger partial charge in [0.25, 0.3) is 11.7 Å². The summed E-state index contributed by atoms with van der Waals surface area (Å²) in [6.07, 6.45) is 0.0195. The van der Waals surface area contributed by atoms with E-state index in [9.17, 15) is 14.7 Å². The quantitative estimate of drug-likeness (QED) is 0.405. The number of likely N-dealkylation sites (tertiary alicyclic amines) is 1. The van der Waals surface area contributed by atoms with Crippen LogP contribution in [0.2, 0.25) is 0 Å². The molecule has 30 heavy (non-hydrogen) atoms. The molecule has 1 N–H and O–H groups in total. The van der Waals surface area contributed by atoms with Gasteiger partial charge in [0.1, 0.15) is 11.5 Å². The van der Waals surface area contributed by atoms with E-state index in [1.54, 1.807) is 25.3 Å². The van der Waals surface area contributed by atoms with Gasteiger partial charge >= 0.3 is 0 Å². The van der Waals surface area contributed by atoms with Crippen LogP contribution in [0.5, 0.6) is 5.75 Å². The maximum Gasteiger partial charge on any atom is 0.295 e. The Hall–Kier alpha value is -2.64. The highest BCUT2D eigenvalue weighted by atomic mass is 32.1. The lowest BCUT2D eigenvalue weighted by Crippen LogP contribution is -2.33. The van der Waals surface area contributed by atoms with Crippen LogP contribution in [0, 0.1) is 13.8 Å². The maximum atomic E-state index is 13.0. The summed E-state index contributed by atoms with van der Waals surface area (Å²) in [5, 5.41) is 13.0. The zero-order chi connectivity index (χ0) is 22.0. The second-order valence-electron chi connectivity index (χ2n) is 7.56. The number of thiophene rings is 1. The molecule has 0 saturated carbocycles. The van der Waals surface area contributed by atoms with Gasteiger partial charge in [0.05, 0.1) is 31.4 Å². The molecule has 2 aromatic rings. The first-order chi connectivity index (χ1) is 14.3. The molecule has 1 aromatic heterocycles. The number of amides is 1. The predicted octanol–water partition coefficient (Wildman–Crippen LogP) is 4.22. The Labute approximate surface area is 180 Å². The van der Waals surface area contributed by atoms with Gasteiger partial charge in [-0.25, -0.2) is 0 Å². The summed E-state index contributed by atoms with van der Waals surface area (Å²) < 4.78 is 10.9. The van der Waals surface area contributed by atoms with Crippen molar-refractivity contribution in [2.75, 3.05) is 20.3 Å². The van der Waals surface area contributed by atoms with Crippen molar-refractivity contribution in [3.63, 3.8) is 0 Å². The smallest absolute Gasteiger partial charge is 0.295 e. The van der Waals surface area contributed by atoms with E-state index in [2.05, 4.69) is 0 Å². The molecule has 1 aliphatic rings. The van der Waals surface area contributed by atoms with Crippen molar-refractivity contribution in [1.82, 2.24) is 4.90 Å². The highest BCUT2D eigenvalue weighted by Gasteiger charge is 2.46. The van der Waals surface area contributed by atoms with Crippen LogP contribution in [0.15, 0.2) is 35.2 Å². The number of Topliss-reactive ketones (excluding diaryl/α,β-unsaturated/α-hetero) is 1. The number of rotatable bonds is 7. The van der Waals surface area contributed by atoms with E-state index in [-0.39, 0.29) is 24.0 Å². The van der Waals surface area contributed by atoms with Crippen LogP contribution < -0.4 is 4.74 Å². The lowest BCUT2D eigenvalue weighted by atomic mass is 9.97. The number of carbonyl (C=O) groups is 2. The van der Waals surface area contributed by atoms with Crippen molar-refractivity contribution in [3.8, 4) is 5.75 Å². The number of aliphatic hydroxyl groups excluding tert-OH is 1. The number of nitrogens with zero attached hydrogens (tertiary/aromatic N) is 1. The fourth-order valence-corrected chi connectivity index (χ4v) is 4.66. The summed E-state index contributed by atoms with van der Waals surface area (Å²) in [7, 11) is 1.58. The SMILES string of the molecule is COc1ccc(/C(O)=C2/C(=O)C(=O)N(CCOC(C)C)C2c2sccc2C)cc1C. The molecule has 160 valence electrons. The number of methoxy groups -OCH3 is 1. The average molecular weight is 430 g/mol. The molecule has 1 amide bonds. The molecule has 2 heterocycles. The normalized spacial score (nSPS) is 18.5. The van der Waals surface area contributed by atoms with Crippen molar-refractivity contribution in [2.24, 2.45) is 0 Å². The van der Waals surface area contributed by atoms with Crippen LogP contribution in [0.3, 0.4) is 0 Å². The molecule has 6 nitrogen and oxygen atoms in total. The van der Waals surface area contributed by atoms with E-state index in [1.165, 1.54) is 16.2 Å². The minimum absolute atomic E-state index is 0.0195. The molecule has 1 saturated heterocycles. The molecule has 3 rings (SSSR count). The van der Waals surface area contributed by atoms with Gasteiger partial charge in [-0.15, -0.1) is 11.3 Å². The molecule has 0 spiro atoms. The van der Waals surface area contributed by atoms with Crippen molar-refractivity contribution < 1.29 is 24.2 Å². The Morgan fingerprint density at radius 3 is 2.50 bits per heavy atom. The lowest BCUT2D eigenvalue weighted by Gasteiger charge is -2.25. The van der Waals surface area contributed by atoms with Crippen LogP contribution >= 0.6 is 11.3 Å². The number of carbonyl (C=O) groups excluding carboxylic acids is 2. The van der Waals surface area contributed by atoms with E-state index in [1.807, 2.05) is 39.1 Å². The molecule has 7 heteroatoms. The predicted molar refractivity (Wildman–Crippen MR) is 117 cm³/mol. The molecule has 0 aliphatic carbocycles. The van der Waals surface area contributed by atoms with Gasteiger partial charge in [-0.2, -0.15) is 0 Å². The molecule has 1 aliphatic heterocycles. The second-order valence-corrected chi connectivity index (χ2v) is 8.51. The molecular formula is C23H27NO5S. The topological polar surface area (TPSA) is 76.1 Å². The van der Waals surface area contributed by atoms with Crippen molar-refractivity contribution in [3.05, 3.63) is 56.8 Å². The molecule has 1 aromatic carbocycles. The first-order valence-corrected chi connectivity index (χ1v) is 10.7. The Morgan fingerprint density at radius 1 is 1.20 bits per heavy atom. The van der Waals surface area contributed by atoms with Crippen LogP contribution in [-0.4, -0.2) is 48.1 Å². The summed E-state index contributed by atoms with van der Waals surface area (Å²) >= 11 is 1.47. The van der Waals surface area contributed by atoms with E-state index < -0.39 is 17.7 Å². The third-order valence-corrected chi connectivity index (χ3v) is 6.21. The average Bonchev–Trinajstić information content (AvgIpc) is 3.23. The molecular weight excluding hydrogens is 402 g/mol. The van der Waals surface area contributed by atoms with Crippen LogP contribution in [0.4, 0.5) is 0 Å². The zero-order valence-electron chi connectivity index (χ0n) is 17.9. The molecule has 0 radical (unpaired) electrons. The fraction of sp³-hybridized carbons (Fsp3) is 0.391. The van der Waals surface area contributed by atoms with Crippen molar-refractivity contribution >= 4 is 28.8 Å². The Morgan fingerprint density at radius 2 is 1.93 bits per heavy atom. The summed E-state index contributed by atoms with van der Waals surface area (Å²) in [5.74, 6) is -0.789. The van der Waals surface area contributed by atoms with Gasteiger partial charge in [-0.1, -0.05) is 0 Å². The third kappa shape index (κ3) is 4.13. The van der Waals surface area contributed by atoms with Gasteiger partial charge < -0.3 is 19.5 Å². The monoisotopic (exact) mass is 429 g/mol. The largest absolute Gasteiger partial charge is 0.507 e. The highest BCUT2D eigenvalue weighted by Crippen LogP contribution is 2.42. The number of ether oxygens (including phenoxy) is 2. The Balaban J connectivity index is 2.09. The number of aryl methyl sites for hydroxylation is 2. The number of benzene rings is 1. The second kappa shape index (κ2) is 9.02. The Bertz CT molecular complexity index is 991. The molecule has 1 atom stereocenters. The molecule has 1 unspecified atom stereocenters. The minimum atomic E-state index is -0.677. The van der Waals surface area contributed by atoms with E-state index in [0.29, 0.717) is 17.9 Å². The summed E-state index contributed by atoms with van der Waals surface area (Å²) in [4.78, 5) is 28.2. The number of hydrogen-bond acceptors (Lipinski definition) is 6. The molecule has 0 bridgehead atoms. The van der Waals surface area contributed by atoms with Gasteiger partial charge in [0.15, 0.2) is 0 Å². The third-order valence-electron chi connectivity index (χ3n) is 5.14. The van der Waals surface area contributed by atoms with Gasteiger partial charge in [-0.05, 0) is 68.5 Å². The van der Waals surface area contributed by atoms with Gasteiger partial charge in [0.2, 0.25) is 0 Å². The first-order valence-electron chi connectivity index (χ1n) is 9.85. The van der Waals surface area contributed by atoms with Crippen LogP contribution in [0.1, 0.15) is 41.5 Å². The van der Waals surface area contributed by atoms with Gasteiger partial charge in [0, 0.05) is 17.0 Å². The summed E-state index contributed by atoms with van der Waals surface area (Å²) in [6.45, 7) is 8.21. The van der Waals surface area contributed by atoms with Crippen LogP contribution in [0.25, 0.3) is 5.76 Å². The highest BCUT2D eigenvalue weighted by molar-refractivity contribution is 7.10. The summed E-state index contributed by atoms with van der Waals surface area (Å²) in [6, 6.07) is 6.49. The van der Waals surface area contributed by atoms with Gasteiger partial charge in [-0.3, -0.25) is 9.59 Å². The number of aliphatic hydroxyl groups is 1. The summed E-state index contributed by atoms with van der Waals surface area (Å²) in [5.41, 5.74) is 2.38. The van der Waals surface area contributed by atoms with E-state index in [0.717, 1.165) is 16.0 Å². The van der Waals surface area contributed by atoms with Crippen molar-refractivity contribution in [2.45, 2.75) is 39.8 Å². The van der Waals surface area contributed by atoms with Crippen molar-refractivity contribution in [1.29, 1.82) is 0 Å². The first kappa shape index (κ1) is 22.1. The number of hydrogen-bond donors (Lipinski definition) is 1. The van der Waals surface area contributed by atoms with Crippen LogP contribution in [-0.2, 0) is 14.3 Å². The zero-order valence-corrected chi connectivity index (χ0v) is 18.7. The Kier molecular flexibility index (Phi) is 6.63. The molecule has 1 fully saturated rings. The minimum Gasteiger partial charge on any atom is -0.507 e. The number of ketones is 1. The fourth-order valence-electron chi connectivity index (χ4n) is 3.62. The van der Waals surface area contributed by atoms with E-state index in [4.69, 9.17) is 9.47 Å².